The number of nitrogens with one attached hydrogen (secondary N) is 1. The summed E-state index contributed by atoms with van der Waals surface area (Å²) in [5.74, 6) is 1.02. The number of halogens is 1. The van der Waals surface area contributed by atoms with Gasteiger partial charge in [0.15, 0.2) is 5.96 Å². The number of nitrogens with zero attached hydrogens (tertiary/aromatic N) is 2. The molecule has 0 spiro atoms. The van der Waals surface area contributed by atoms with Crippen molar-refractivity contribution in [3.63, 3.8) is 0 Å². The third-order valence-electron chi connectivity index (χ3n) is 2.81. The molecule has 1 N–H and O–H groups in total. The molecule has 0 unspecified atom stereocenters. The first kappa shape index (κ1) is 20.3. The van der Waals surface area contributed by atoms with E-state index in [9.17, 15) is 0 Å². The van der Waals surface area contributed by atoms with E-state index in [-0.39, 0.29) is 24.0 Å². The molecule has 0 aliphatic carbocycles. The lowest BCUT2D eigenvalue weighted by Gasteiger charge is -2.23. The van der Waals surface area contributed by atoms with Crippen LogP contribution in [-0.4, -0.2) is 38.0 Å². The monoisotopic (exact) mass is 369 g/mol. The summed E-state index contributed by atoms with van der Waals surface area (Å²) < 4.78 is 0. The second-order valence-electron chi connectivity index (χ2n) is 5.91. The second-order valence-corrected chi connectivity index (χ2v) is 5.91. The predicted octanol–water partition coefficient (Wildman–Crippen LogP) is 3.74. The van der Waals surface area contributed by atoms with Crippen LogP contribution in [0, 0.1) is 5.41 Å². The lowest BCUT2D eigenvalue weighted by Crippen LogP contribution is -2.39. The molecular weight excluding hydrogens is 337 g/mol. The van der Waals surface area contributed by atoms with Crippen molar-refractivity contribution < 1.29 is 0 Å². The molecular formula is C14H32IN3. The minimum atomic E-state index is 0. The zero-order chi connectivity index (χ0) is 13.3. The Morgan fingerprint density at radius 3 is 2.28 bits per heavy atom. The van der Waals surface area contributed by atoms with Crippen molar-refractivity contribution in [2.45, 2.75) is 53.4 Å². The van der Waals surface area contributed by atoms with E-state index in [0.29, 0.717) is 5.41 Å². The maximum absolute atomic E-state index is 4.31. The van der Waals surface area contributed by atoms with E-state index in [2.05, 4.69) is 50.0 Å². The first-order chi connectivity index (χ1) is 7.90. The van der Waals surface area contributed by atoms with Crippen LogP contribution < -0.4 is 5.32 Å². The molecule has 0 radical (unpaired) electrons. The number of rotatable bonds is 6. The average molecular weight is 369 g/mol. The molecule has 0 heterocycles. The van der Waals surface area contributed by atoms with Crippen LogP contribution >= 0.6 is 24.0 Å². The number of hydrogen-bond acceptors (Lipinski definition) is 1. The van der Waals surface area contributed by atoms with Crippen LogP contribution in [0.4, 0.5) is 0 Å². The van der Waals surface area contributed by atoms with Gasteiger partial charge in [-0.2, -0.15) is 0 Å². The van der Waals surface area contributed by atoms with Crippen molar-refractivity contribution >= 4 is 29.9 Å². The maximum atomic E-state index is 4.31. The molecule has 3 nitrogen and oxygen atoms in total. The Morgan fingerprint density at radius 1 is 1.22 bits per heavy atom. The highest BCUT2D eigenvalue weighted by Crippen LogP contribution is 2.19. The Kier molecular flexibility index (Phi) is 12.3. The van der Waals surface area contributed by atoms with E-state index < -0.39 is 0 Å². The van der Waals surface area contributed by atoms with E-state index >= 15 is 0 Å². The molecule has 0 rings (SSSR count). The maximum Gasteiger partial charge on any atom is 0.193 e. The lowest BCUT2D eigenvalue weighted by atomic mass is 9.91. The normalized spacial score (nSPS) is 12.0. The number of aliphatic imine (C=N–C) groups is 1. The fourth-order valence-corrected chi connectivity index (χ4v) is 1.70. The van der Waals surface area contributed by atoms with Gasteiger partial charge < -0.3 is 10.2 Å². The minimum Gasteiger partial charge on any atom is -0.356 e. The molecule has 0 bridgehead atoms. The lowest BCUT2D eigenvalue weighted by molar-refractivity contribution is 0.363. The second kappa shape index (κ2) is 10.9. The quantitative estimate of drug-likeness (QED) is 0.334. The highest BCUT2D eigenvalue weighted by molar-refractivity contribution is 14.0. The van der Waals surface area contributed by atoms with Gasteiger partial charge in [0.2, 0.25) is 0 Å². The molecule has 0 aromatic rings. The highest BCUT2D eigenvalue weighted by atomic mass is 127. The van der Waals surface area contributed by atoms with Gasteiger partial charge in [-0.1, -0.05) is 34.1 Å². The summed E-state index contributed by atoms with van der Waals surface area (Å²) in [6.07, 6.45) is 4.89. The molecule has 0 saturated carbocycles. The van der Waals surface area contributed by atoms with Gasteiger partial charge in [0.05, 0.1) is 0 Å². The highest BCUT2D eigenvalue weighted by Gasteiger charge is 2.10. The summed E-state index contributed by atoms with van der Waals surface area (Å²) >= 11 is 0. The van der Waals surface area contributed by atoms with Crippen LogP contribution in [0.15, 0.2) is 4.99 Å². The molecule has 0 fully saturated rings. The zero-order valence-electron chi connectivity index (χ0n) is 13.0. The van der Waals surface area contributed by atoms with Crippen molar-refractivity contribution in [1.82, 2.24) is 10.2 Å². The molecule has 0 aliphatic rings. The first-order valence-corrected chi connectivity index (χ1v) is 6.82. The van der Waals surface area contributed by atoms with E-state index in [1.807, 2.05) is 7.05 Å². The van der Waals surface area contributed by atoms with Crippen LogP contribution in [0.1, 0.15) is 53.4 Å². The Bertz CT molecular complexity index is 222. The Morgan fingerprint density at radius 2 is 1.83 bits per heavy atom. The largest absolute Gasteiger partial charge is 0.356 e. The number of hydrogen-bond donors (Lipinski definition) is 1. The number of unbranched alkanes of at least 4 members (excludes halogenated alkanes) is 1. The minimum absolute atomic E-state index is 0. The summed E-state index contributed by atoms with van der Waals surface area (Å²) in [4.78, 5) is 6.52. The molecule has 0 aromatic heterocycles. The van der Waals surface area contributed by atoms with Crippen LogP contribution in [0.5, 0.6) is 0 Å². The average Bonchev–Trinajstić information content (AvgIpc) is 2.24. The summed E-state index contributed by atoms with van der Waals surface area (Å²) in [7, 11) is 3.96. The van der Waals surface area contributed by atoms with E-state index in [1.165, 1.54) is 25.7 Å². The van der Waals surface area contributed by atoms with Crippen molar-refractivity contribution in [2.75, 3.05) is 27.2 Å². The molecule has 0 saturated heterocycles. The molecule has 0 amide bonds. The summed E-state index contributed by atoms with van der Waals surface area (Å²) in [6.45, 7) is 11.2. The van der Waals surface area contributed by atoms with Gasteiger partial charge in [-0.05, 0) is 24.7 Å². The Labute approximate surface area is 131 Å². The van der Waals surface area contributed by atoms with Gasteiger partial charge >= 0.3 is 0 Å². The fraction of sp³-hybridized carbons (Fsp3) is 0.929. The van der Waals surface area contributed by atoms with Gasteiger partial charge in [-0.15, -0.1) is 24.0 Å². The van der Waals surface area contributed by atoms with Crippen LogP contribution in [-0.2, 0) is 0 Å². The van der Waals surface area contributed by atoms with E-state index in [1.54, 1.807) is 0 Å². The SMILES string of the molecule is CCCCN(C)C(=NC)NCCCC(C)(C)C.I. The van der Waals surface area contributed by atoms with Crippen molar-refractivity contribution in [1.29, 1.82) is 0 Å². The summed E-state index contributed by atoms with van der Waals surface area (Å²) in [5, 5.41) is 3.43. The van der Waals surface area contributed by atoms with Gasteiger partial charge in [0, 0.05) is 27.2 Å². The van der Waals surface area contributed by atoms with Crippen molar-refractivity contribution in [3.8, 4) is 0 Å². The van der Waals surface area contributed by atoms with E-state index in [0.717, 1.165) is 19.0 Å². The molecule has 18 heavy (non-hydrogen) atoms. The zero-order valence-corrected chi connectivity index (χ0v) is 15.4. The van der Waals surface area contributed by atoms with Gasteiger partial charge in [0.25, 0.3) is 0 Å². The third kappa shape index (κ3) is 11.1. The predicted molar refractivity (Wildman–Crippen MR) is 93.0 cm³/mol. The Hall–Kier alpha value is 0. The van der Waals surface area contributed by atoms with Crippen LogP contribution in [0.2, 0.25) is 0 Å². The molecule has 4 heteroatoms. The molecule has 0 aliphatic heterocycles. The smallest absolute Gasteiger partial charge is 0.193 e. The van der Waals surface area contributed by atoms with Crippen molar-refractivity contribution in [2.24, 2.45) is 10.4 Å². The number of guanidine groups is 1. The topological polar surface area (TPSA) is 27.6 Å². The standard InChI is InChI=1S/C14H31N3.HI/c1-7-8-12-17(6)13(15-5)16-11-9-10-14(2,3)4;/h7-12H2,1-6H3,(H,15,16);1H. The Balaban J connectivity index is 0. The molecule has 0 aromatic carbocycles. The van der Waals surface area contributed by atoms with Crippen LogP contribution in [0.3, 0.4) is 0 Å². The van der Waals surface area contributed by atoms with Gasteiger partial charge in [0.1, 0.15) is 0 Å². The van der Waals surface area contributed by atoms with Crippen molar-refractivity contribution in [3.05, 3.63) is 0 Å². The van der Waals surface area contributed by atoms with Gasteiger partial charge in [-0.25, -0.2) is 0 Å². The summed E-state index contributed by atoms with van der Waals surface area (Å²) in [5.41, 5.74) is 0.430. The molecule has 110 valence electrons. The summed E-state index contributed by atoms with van der Waals surface area (Å²) in [6, 6.07) is 0. The van der Waals surface area contributed by atoms with E-state index in [4.69, 9.17) is 0 Å². The van der Waals surface area contributed by atoms with Crippen LogP contribution in [0.25, 0.3) is 0 Å². The fourth-order valence-electron chi connectivity index (χ4n) is 1.70. The third-order valence-corrected chi connectivity index (χ3v) is 2.81. The van der Waals surface area contributed by atoms with Gasteiger partial charge in [-0.3, -0.25) is 4.99 Å². The molecule has 0 atom stereocenters. The first-order valence-electron chi connectivity index (χ1n) is 6.82.